The van der Waals surface area contributed by atoms with Gasteiger partial charge in [-0.05, 0) is 38.7 Å². The molecule has 0 aromatic heterocycles. The third-order valence-electron chi connectivity index (χ3n) is 4.65. The number of hydrogen-bond donors (Lipinski definition) is 1. The molecule has 2 heterocycles. The van der Waals surface area contributed by atoms with Crippen LogP contribution >= 0.6 is 0 Å². The van der Waals surface area contributed by atoms with Crippen LogP contribution in [0.15, 0.2) is 24.3 Å². The van der Waals surface area contributed by atoms with E-state index in [1.54, 1.807) is 0 Å². The average Bonchev–Trinajstić information content (AvgIpc) is 2.37. The van der Waals surface area contributed by atoms with Gasteiger partial charge in [0.15, 0.2) is 0 Å². The highest BCUT2D eigenvalue weighted by atomic mass is 15.2. The monoisotopic (exact) mass is 259 g/mol. The minimum atomic E-state index is 0.738. The fourth-order valence-corrected chi connectivity index (χ4v) is 3.95. The van der Waals surface area contributed by atoms with E-state index < -0.39 is 0 Å². The summed E-state index contributed by atoms with van der Waals surface area (Å²) >= 11 is 0. The van der Waals surface area contributed by atoms with Crippen molar-refractivity contribution in [2.24, 2.45) is 11.8 Å². The molecule has 19 heavy (non-hydrogen) atoms. The summed E-state index contributed by atoms with van der Waals surface area (Å²) in [5, 5.41) is 3.60. The third kappa shape index (κ3) is 2.49. The highest BCUT2D eigenvalue weighted by Gasteiger charge is 2.40. The van der Waals surface area contributed by atoms with Gasteiger partial charge in [0, 0.05) is 49.7 Å². The molecule has 1 N–H and O–H groups in total. The summed E-state index contributed by atoms with van der Waals surface area (Å²) in [4.78, 5) is 5.02. The Morgan fingerprint density at radius 1 is 1.16 bits per heavy atom. The first-order chi connectivity index (χ1) is 9.15. The smallest absolute Gasteiger partial charge is 0.0369 e. The fraction of sp³-hybridized carbons (Fsp3) is 0.625. The summed E-state index contributed by atoms with van der Waals surface area (Å²) in [6, 6.07) is 9.67. The summed E-state index contributed by atoms with van der Waals surface area (Å²) in [5.74, 6) is 1.48. The minimum absolute atomic E-state index is 0.738. The lowest BCUT2D eigenvalue weighted by Crippen LogP contribution is -2.63. The number of hydrogen-bond acceptors (Lipinski definition) is 3. The molecule has 2 unspecified atom stereocenters. The molecule has 1 aromatic carbocycles. The van der Waals surface area contributed by atoms with Crippen molar-refractivity contribution in [3.63, 3.8) is 0 Å². The van der Waals surface area contributed by atoms with Crippen LogP contribution in [0.25, 0.3) is 0 Å². The molecule has 0 aliphatic carbocycles. The fourth-order valence-electron chi connectivity index (χ4n) is 3.95. The van der Waals surface area contributed by atoms with Crippen LogP contribution in [-0.4, -0.2) is 51.2 Å². The van der Waals surface area contributed by atoms with Gasteiger partial charge in [0.2, 0.25) is 0 Å². The second-order valence-electron chi connectivity index (χ2n) is 6.38. The molecule has 3 heteroatoms. The maximum Gasteiger partial charge on any atom is 0.0369 e. The number of aryl methyl sites for hydroxylation is 1. The lowest BCUT2D eigenvalue weighted by atomic mass is 9.79. The van der Waals surface area contributed by atoms with Crippen molar-refractivity contribution >= 4 is 5.69 Å². The van der Waals surface area contributed by atoms with Crippen molar-refractivity contribution in [3.05, 3.63) is 29.8 Å². The molecule has 0 saturated carbocycles. The van der Waals surface area contributed by atoms with E-state index in [9.17, 15) is 0 Å². The molecule has 2 atom stereocenters. The Morgan fingerprint density at radius 2 is 1.84 bits per heavy atom. The summed E-state index contributed by atoms with van der Waals surface area (Å²) in [7, 11) is 4.47. The lowest BCUT2D eigenvalue weighted by molar-refractivity contribution is 0.0896. The van der Waals surface area contributed by atoms with Crippen molar-refractivity contribution in [1.82, 2.24) is 10.2 Å². The first kappa shape index (κ1) is 12.9. The van der Waals surface area contributed by atoms with E-state index in [0.29, 0.717) is 0 Å². The molecular weight excluding hydrogens is 234 g/mol. The molecule has 0 spiro atoms. The lowest BCUT2D eigenvalue weighted by Gasteiger charge is -2.50. The summed E-state index contributed by atoms with van der Waals surface area (Å²) in [6.45, 7) is 6.84. The number of piperidine rings is 2. The van der Waals surface area contributed by atoms with Crippen LogP contribution in [0.3, 0.4) is 0 Å². The van der Waals surface area contributed by atoms with Crippen molar-refractivity contribution in [2.45, 2.75) is 13.0 Å². The van der Waals surface area contributed by atoms with Crippen LogP contribution in [0.5, 0.6) is 0 Å². The van der Waals surface area contributed by atoms with Gasteiger partial charge < -0.3 is 15.1 Å². The highest BCUT2D eigenvalue weighted by Crippen LogP contribution is 2.31. The molecule has 0 amide bonds. The molecular formula is C16H25N3. The second-order valence-corrected chi connectivity index (χ2v) is 6.38. The standard InChI is InChI=1S/C16H25N3/c1-12-5-4-6-15(7-12)19-10-13-8-17-9-14(11-19)16(13)18(2)3/h4-7,13-14,16-17H,8-11H2,1-3H3. The molecule has 1 aromatic rings. The Labute approximate surface area is 116 Å². The summed E-state index contributed by atoms with van der Waals surface area (Å²) < 4.78 is 0. The Hall–Kier alpha value is -1.06. The quantitative estimate of drug-likeness (QED) is 0.870. The second kappa shape index (κ2) is 5.14. The van der Waals surface area contributed by atoms with Gasteiger partial charge in [-0.2, -0.15) is 0 Å². The summed E-state index contributed by atoms with van der Waals surface area (Å²) in [6.07, 6.45) is 0. The van der Waals surface area contributed by atoms with Gasteiger partial charge in [0.05, 0.1) is 0 Å². The van der Waals surface area contributed by atoms with Crippen molar-refractivity contribution < 1.29 is 0 Å². The molecule has 3 nitrogen and oxygen atoms in total. The van der Waals surface area contributed by atoms with Gasteiger partial charge in [-0.15, -0.1) is 0 Å². The number of rotatable bonds is 2. The van der Waals surface area contributed by atoms with E-state index in [4.69, 9.17) is 0 Å². The van der Waals surface area contributed by atoms with E-state index in [0.717, 1.165) is 31.0 Å². The number of anilines is 1. The minimum Gasteiger partial charge on any atom is -0.371 e. The van der Waals surface area contributed by atoms with Gasteiger partial charge in [0.1, 0.15) is 0 Å². The van der Waals surface area contributed by atoms with Crippen LogP contribution in [0, 0.1) is 18.8 Å². The van der Waals surface area contributed by atoms with Crippen LogP contribution in [0.4, 0.5) is 5.69 Å². The van der Waals surface area contributed by atoms with E-state index >= 15 is 0 Å². The van der Waals surface area contributed by atoms with Gasteiger partial charge >= 0.3 is 0 Å². The number of nitrogens with zero attached hydrogens (tertiary/aromatic N) is 2. The normalized spacial score (nSPS) is 30.7. The Morgan fingerprint density at radius 3 is 2.42 bits per heavy atom. The molecule has 3 rings (SSSR count). The topological polar surface area (TPSA) is 18.5 Å². The number of benzene rings is 1. The zero-order valence-corrected chi connectivity index (χ0v) is 12.3. The maximum absolute atomic E-state index is 3.60. The van der Waals surface area contributed by atoms with Gasteiger partial charge in [-0.25, -0.2) is 0 Å². The van der Waals surface area contributed by atoms with Crippen LogP contribution in [0.2, 0.25) is 0 Å². The molecule has 2 saturated heterocycles. The van der Waals surface area contributed by atoms with Gasteiger partial charge in [-0.1, -0.05) is 12.1 Å². The van der Waals surface area contributed by atoms with Crippen molar-refractivity contribution in [2.75, 3.05) is 45.2 Å². The van der Waals surface area contributed by atoms with Gasteiger partial charge in [0.25, 0.3) is 0 Å². The average molecular weight is 259 g/mol. The third-order valence-corrected chi connectivity index (χ3v) is 4.65. The van der Waals surface area contributed by atoms with Crippen LogP contribution in [-0.2, 0) is 0 Å². The largest absolute Gasteiger partial charge is 0.371 e. The van der Waals surface area contributed by atoms with Gasteiger partial charge in [-0.3, -0.25) is 0 Å². The SMILES string of the molecule is Cc1cccc(N2CC3CNCC(C2)C3N(C)C)c1. The molecule has 0 radical (unpaired) electrons. The van der Waals surface area contributed by atoms with E-state index in [-0.39, 0.29) is 0 Å². The van der Waals surface area contributed by atoms with E-state index in [2.05, 4.69) is 60.4 Å². The zero-order chi connectivity index (χ0) is 13.4. The predicted molar refractivity (Wildman–Crippen MR) is 80.7 cm³/mol. The number of fused-ring (bicyclic) bond motifs is 2. The van der Waals surface area contributed by atoms with Crippen LogP contribution in [0.1, 0.15) is 5.56 Å². The first-order valence-electron chi connectivity index (χ1n) is 7.34. The molecule has 2 aliphatic heterocycles. The van der Waals surface area contributed by atoms with E-state index in [1.807, 2.05) is 0 Å². The molecule has 2 fully saturated rings. The van der Waals surface area contributed by atoms with Crippen LogP contribution < -0.4 is 10.2 Å². The van der Waals surface area contributed by atoms with Crippen molar-refractivity contribution in [3.8, 4) is 0 Å². The molecule has 2 aliphatic rings. The Balaban J connectivity index is 1.81. The highest BCUT2D eigenvalue weighted by molar-refractivity contribution is 5.49. The Kier molecular flexibility index (Phi) is 3.50. The van der Waals surface area contributed by atoms with E-state index in [1.165, 1.54) is 24.3 Å². The zero-order valence-electron chi connectivity index (χ0n) is 12.3. The predicted octanol–water partition coefficient (Wildman–Crippen LogP) is 1.58. The maximum atomic E-state index is 3.60. The molecule has 2 bridgehead atoms. The van der Waals surface area contributed by atoms with Crippen molar-refractivity contribution in [1.29, 1.82) is 0 Å². The Bertz CT molecular complexity index is 429. The summed E-state index contributed by atoms with van der Waals surface area (Å²) in [5.41, 5.74) is 2.75. The first-order valence-corrected chi connectivity index (χ1v) is 7.34. The number of nitrogens with one attached hydrogen (secondary N) is 1. The molecule has 104 valence electrons.